The third kappa shape index (κ3) is 3.12. The van der Waals surface area contributed by atoms with Gasteiger partial charge in [-0.1, -0.05) is 0 Å². The number of hydrogen-bond donors (Lipinski definition) is 0. The maximum atomic E-state index is 13.2. The van der Waals surface area contributed by atoms with Crippen molar-refractivity contribution in [2.75, 3.05) is 18.0 Å². The Morgan fingerprint density at radius 1 is 1.25 bits per heavy atom. The monoisotopic (exact) mass is 393 g/mol. The van der Waals surface area contributed by atoms with Gasteiger partial charge < -0.3 is 9.80 Å². The first kappa shape index (κ1) is 18.8. The number of rotatable bonds is 2. The molecule has 0 spiro atoms. The number of alkyl halides is 3. The van der Waals surface area contributed by atoms with Crippen LogP contribution in [-0.4, -0.2) is 38.7 Å². The minimum Gasteiger partial charge on any atom is -0.338 e. The molecule has 2 aliphatic rings. The van der Waals surface area contributed by atoms with Crippen molar-refractivity contribution >= 4 is 17.4 Å². The average Bonchev–Trinajstić information content (AvgIpc) is 3.04. The lowest BCUT2D eigenvalue weighted by Crippen LogP contribution is -2.35. The molecule has 0 unspecified atom stereocenters. The highest BCUT2D eigenvalue weighted by Gasteiger charge is 2.36. The van der Waals surface area contributed by atoms with Gasteiger partial charge in [-0.2, -0.15) is 18.3 Å². The third-order valence-electron chi connectivity index (χ3n) is 5.48. The molecule has 4 rings (SSSR count). The van der Waals surface area contributed by atoms with E-state index in [9.17, 15) is 18.0 Å². The number of aryl methyl sites for hydroxylation is 2. The molecule has 0 fully saturated rings. The van der Waals surface area contributed by atoms with Crippen molar-refractivity contribution in [3.63, 3.8) is 0 Å². The second-order valence-corrected chi connectivity index (χ2v) is 7.21. The van der Waals surface area contributed by atoms with E-state index < -0.39 is 11.9 Å². The van der Waals surface area contributed by atoms with Gasteiger partial charge in [-0.05, 0) is 31.4 Å². The molecule has 2 aliphatic heterocycles. The van der Waals surface area contributed by atoms with Gasteiger partial charge >= 0.3 is 6.18 Å². The zero-order valence-electron chi connectivity index (χ0n) is 15.9. The van der Waals surface area contributed by atoms with E-state index in [1.165, 1.54) is 13.1 Å². The molecule has 0 aromatic carbocycles. The van der Waals surface area contributed by atoms with E-state index in [-0.39, 0.29) is 5.91 Å². The average molecular weight is 393 g/mol. The summed E-state index contributed by atoms with van der Waals surface area (Å²) in [6.45, 7) is 5.85. The van der Waals surface area contributed by atoms with Crippen molar-refractivity contribution in [3.05, 3.63) is 34.8 Å². The summed E-state index contributed by atoms with van der Waals surface area (Å²) < 4.78 is 41.5. The summed E-state index contributed by atoms with van der Waals surface area (Å²) in [6, 6.07) is 1.12. The Bertz CT molecular complexity index is 921. The van der Waals surface area contributed by atoms with Crippen molar-refractivity contribution in [1.29, 1.82) is 0 Å². The van der Waals surface area contributed by atoms with Crippen molar-refractivity contribution in [3.8, 4) is 0 Å². The van der Waals surface area contributed by atoms with Gasteiger partial charge in [-0.15, -0.1) is 0 Å². The maximum Gasteiger partial charge on any atom is 0.433 e. The summed E-state index contributed by atoms with van der Waals surface area (Å²) >= 11 is 0. The largest absolute Gasteiger partial charge is 0.433 e. The lowest BCUT2D eigenvalue weighted by Gasteiger charge is -2.32. The fraction of sp³-hybridized carbons (Fsp3) is 0.526. The smallest absolute Gasteiger partial charge is 0.338 e. The van der Waals surface area contributed by atoms with Crippen LogP contribution in [0.4, 0.5) is 24.7 Å². The molecule has 1 amide bonds. The standard InChI is InChI=1S/C19H22F3N5O/c1-3-27-15-6-8-25(12(2)28)11-14(15)18(24-27)26-7-4-5-13-10-23-17(9-16(13)26)19(20,21)22/h9-10H,3-8,11H2,1-2H3. The Balaban J connectivity index is 1.81. The number of amides is 1. The molecule has 2 aromatic rings. The topological polar surface area (TPSA) is 54.3 Å². The summed E-state index contributed by atoms with van der Waals surface area (Å²) in [5, 5.41) is 4.72. The van der Waals surface area contributed by atoms with Crippen LogP contribution in [0.3, 0.4) is 0 Å². The van der Waals surface area contributed by atoms with Gasteiger partial charge in [0, 0.05) is 56.1 Å². The van der Waals surface area contributed by atoms with E-state index in [0.29, 0.717) is 50.5 Å². The Morgan fingerprint density at radius 2 is 2.04 bits per heavy atom. The number of carbonyl (C=O) groups is 1. The van der Waals surface area contributed by atoms with E-state index in [2.05, 4.69) is 4.98 Å². The van der Waals surface area contributed by atoms with Gasteiger partial charge in [0.25, 0.3) is 0 Å². The van der Waals surface area contributed by atoms with Crippen molar-refractivity contribution < 1.29 is 18.0 Å². The summed E-state index contributed by atoms with van der Waals surface area (Å²) in [7, 11) is 0. The Kier molecular flexibility index (Phi) is 4.55. The number of pyridine rings is 1. The first-order valence-corrected chi connectivity index (χ1v) is 9.47. The predicted octanol–water partition coefficient (Wildman–Crippen LogP) is 3.31. The number of nitrogens with zero attached hydrogens (tertiary/aromatic N) is 5. The highest BCUT2D eigenvalue weighted by atomic mass is 19.4. The van der Waals surface area contributed by atoms with Crippen LogP contribution in [0.2, 0.25) is 0 Å². The fourth-order valence-corrected chi connectivity index (χ4v) is 4.06. The highest BCUT2D eigenvalue weighted by Crippen LogP contribution is 2.39. The molecule has 6 nitrogen and oxygen atoms in total. The minimum atomic E-state index is -4.49. The lowest BCUT2D eigenvalue weighted by molar-refractivity contribution is -0.141. The second-order valence-electron chi connectivity index (χ2n) is 7.21. The molecule has 0 radical (unpaired) electrons. The van der Waals surface area contributed by atoms with E-state index in [0.717, 1.165) is 29.3 Å². The highest BCUT2D eigenvalue weighted by molar-refractivity contribution is 5.75. The fourth-order valence-electron chi connectivity index (χ4n) is 4.06. The molecule has 9 heteroatoms. The van der Waals surface area contributed by atoms with Gasteiger partial charge in [-0.3, -0.25) is 14.5 Å². The SMILES string of the molecule is CCn1nc(N2CCCc3cnc(C(F)(F)F)cc32)c2c1CCN(C(C)=O)C2. The molecule has 150 valence electrons. The zero-order chi connectivity index (χ0) is 20.1. The van der Waals surface area contributed by atoms with Crippen LogP contribution >= 0.6 is 0 Å². The van der Waals surface area contributed by atoms with Crippen LogP contribution in [-0.2, 0) is 36.9 Å². The molecule has 28 heavy (non-hydrogen) atoms. The van der Waals surface area contributed by atoms with Gasteiger partial charge in [0.2, 0.25) is 5.91 Å². The molecule has 4 heterocycles. The first-order chi connectivity index (χ1) is 13.3. The minimum absolute atomic E-state index is 0.0107. The number of carbonyl (C=O) groups excluding carboxylic acids is 1. The summed E-state index contributed by atoms with van der Waals surface area (Å²) in [5.41, 5.74) is 2.40. The molecule has 0 saturated carbocycles. The molecule has 0 aliphatic carbocycles. The summed E-state index contributed by atoms with van der Waals surface area (Å²) in [5.74, 6) is 0.645. The van der Waals surface area contributed by atoms with Crippen LogP contribution in [0.25, 0.3) is 0 Å². The van der Waals surface area contributed by atoms with Crippen molar-refractivity contribution in [1.82, 2.24) is 19.7 Å². The number of hydrogen-bond acceptors (Lipinski definition) is 4. The number of anilines is 2. The predicted molar refractivity (Wildman–Crippen MR) is 97.3 cm³/mol. The van der Waals surface area contributed by atoms with Crippen LogP contribution in [0.5, 0.6) is 0 Å². The van der Waals surface area contributed by atoms with Gasteiger partial charge in [0.15, 0.2) is 5.82 Å². The quantitative estimate of drug-likeness (QED) is 0.786. The molecular weight excluding hydrogens is 371 g/mol. The Labute approximate surface area is 160 Å². The van der Waals surface area contributed by atoms with Gasteiger partial charge in [-0.25, -0.2) is 0 Å². The van der Waals surface area contributed by atoms with Crippen LogP contribution in [0.1, 0.15) is 42.8 Å². The maximum absolute atomic E-state index is 13.2. The van der Waals surface area contributed by atoms with E-state index in [1.807, 2.05) is 16.5 Å². The lowest BCUT2D eigenvalue weighted by atomic mass is 10.0. The third-order valence-corrected chi connectivity index (χ3v) is 5.48. The van der Waals surface area contributed by atoms with E-state index in [1.54, 1.807) is 4.90 Å². The van der Waals surface area contributed by atoms with Gasteiger partial charge in [0.1, 0.15) is 5.69 Å². The van der Waals surface area contributed by atoms with Crippen LogP contribution in [0, 0.1) is 0 Å². The van der Waals surface area contributed by atoms with Crippen molar-refractivity contribution in [2.45, 2.75) is 52.4 Å². The molecule has 2 aromatic heterocycles. The summed E-state index contributed by atoms with van der Waals surface area (Å²) in [4.78, 5) is 19.1. The number of fused-ring (bicyclic) bond motifs is 2. The second kappa shape index (κ2) is 6.79. The number of halogens is 3. The van der Waals surface area contributed by atoms with Crippen molar-refractivity contribution in [2.24, 2.45) is 0 Å². The molecule has 0 bridgehead atoms. The molecule has 0 atom stereocenters. The normalized spacial score (nSPS) is 16.8. The van der Waals surface area contributed by atoms with Gasteiger partial charge in [0.05, 0.1) is 6.54 Å². The van der Waals surface area contributed by atoms with Crippen LogP contribution in [0.15, 0.2) is 12.3 Å². The van der Waals surface area contributed by atoms with E-state index >= 15 is 0 Å². The molecule has 0 saturated heterocycles. The van der Waals surface area contributed by atoms with E-state index in [4.69, 9.17) is 5.10 Å². The van der Waals surface area contributed by atoms with Crippen LogP contribution < -0.4 is 4.90 Å². The first-order valence-electron chi connectivity index (χ1n) is 9.47. The molecular formula is C19H22F3N5O. The number of aromatic nitrogens is 3. The zero-order valence-corrected chi connectivity index (χ0v) is 15.9. The molecule has 0 N–H and O–H groups in total. The summed E-state index contributed by atoms with van der Waals surface area (Å²) in [6.07, 6.45) is -0.973. The Hall–Kier alpha value is -2.58. The Morgan fingerprint density at radius 3 is 2.71 bits per heavy atom.